The number of aromatic nitrogens is 2. The van der Waals surface area contributed by atoms with Crippen LogP contribution >= 0.6 is 23.2 Å². The zero-order valence-electron chi connectivity index (χ0n) is 24.9. The van der Waals surface area contributed by atoms with Crippen molar-refractivity contribution in [1.82, 2.24) is 9.97 Å². The lowest BCUT2D eigenvalue weighted by Crippen LogP contribution is -2.39. The van der Waals surface area contributed by atoms with Crippen LogP contribution < -0.4 is 9.64 Å². The van der Waals surface area contributed by atoms with E-state index in [0.717, 1.165) is 18.4 Å². The van der Waals surface area contributed by atoms with Gasteiger partial charge in [0, 0.05) is 64.3 Å². The third-order valence-corrected chi connectivity index (χ3v) is 8.01. The molecule has 1 aromatic carbocycles. The number of aryl methyl sites for hydroxylation is 1. The normalized spacial score (nSPS) is 15.9. The van der Waals surface area contributed by atoms with Crippen LogP contribution in [0.3, 0.4) is 0 Å². The Kier molecular flexibility index (Phi) is 9.70. The molecule has 1 fully saturated rings. The number of rotatable bonds is 9. The molecule has 0 radical (unpaired) electrons. The summed E-state index contributed by atoms with van der Waals surface area (Å²) in [6.07, 6.45) is 4.21. The number of ether oxygens (including phenoxy) is 2. The molecule has 226 valence electrons. The van der Waals surface area contributed by atoms with E-state index < -0.39 is 23.5 Å². The molecule has 42 heavy (non-hydrogen) atoms. The molecule has 4 rings (SSSR count). The number of carboxylic acid groups (broad SMARTS) is 1. The van der Waals surface area contributed by atoms with Gasteiger partial charge in [0.25, 0.3) is 0 Å². The number of carboxylic acids is 1. The van der Waals surface area contributed by atoms with Crippen LogP contribution in [-0.4, -0.2) is 46.3 Å². The van der Waals surface area contributed by atoms with Crippen molar-refractivity contribution in [3.63, 3.8) is 0 Å². The molecule has 1 aliphatic rings. The summed E-state index contributed by atoms with van der Waals surface area (Å²) < 4.78 is 27.1. The number of halogens is 3. The van der Waals surface area contributed by atoms with Crippen LogP contribution in [0.2, 0.25) is 10.0 Å². The van der Waals surface area contributed by atoms with Crippen molar-refractivity contribution in [1.29, 1.82) is 0 Å². The molecular weight excluding hydrogens is 580 g/mol. The standard InChI is InChI=1S/C32H38Cl2FN3O4/c1-19-26(28(30(39)40)42-31(2,3)4)27(38-12-10-32(5,6)11-13-38)23(18-36-19)21-15-25(35)29(37-17-21)41-14-9-20-7-8-22(33)16-24(20)34/h7-8,15-18,28H,9-14H2,1-6H3,(H,39,40)/t28-/m0/s1. The van der Waals surface area contributed by atoms with Gasteiger partial charge in [0.2, 0.25) is 5.88 Å². The zero-order chi connectivity index (χ0) is 30.8. The lowest BCUT2D eigenvalue weighted by atomic mass is 9.82. The molecule has 1 saturated heterocycles. The number of aliphatic carboxylic acids is 1. The fourth-order valence-electron chi connectivity index (χ4n) is 5.06. The summed E-state index contributed by atoms with van der Waals surface area (Å²) in [7, 11) is 0. The molecule has 0 bridgehead atoms. The topological polar surface area (TPSA) is 84.8 Å². The Labute approximate surface area is 257 Å². The van der Waals surface area contributed by atoms with Crippen LogP contribution in [0.5, 0.6) is 5.88 Å². The first-order valence-corrected chi connectivity index (χ1v) is 14.8. The highest BCUT2D eigenvalue weighted by Gasteiger charge is 2.36. The SMILES string of the molecule is Cc1ncc(-c2cnc(OCCc3ccc(Cl)cc3Cl)c(F)c2)c(N2CCC(C)(C)CC2)c1[C@H](OC(C)(C)C)C(=O)O. The van der Waals surface area contributed by atoms with Gasteiger partial charge in [0.05, 0.1) is 17.9 Å². The maximum absolute atomic E-state index is 15.4. The van der Waals surface area contributed by atoms with Crippen molar-refractivity contribution < 1.29 is 23.8 Å². The van der Waals surface area contributed by atoms with Gasteiger partial charge in [-0.05, 0) is 69.7 Å². The number of carbonyl (C=O) groups is 1. The van der Waals surface area contributed by atoms with Gasteiger partial charge < -0.3 is 19.5 Å². The van der Waals surface area contributed by atoms with E-state index in [0.29, 0.717) is 57.6 Å². The van der Waals surface area contributed by atoms with Crippen molar-refractivity contribution in [3.8, 4) is 17.0 Å². The molecular formula is C32H38Cl2FN3O4. The fourth-order valence-corrected chi connectivity index (χ4v) is 5.56. The van der Waals surface area contributed by atoms with Gasteiger partial charge >= 0.3 is 5.97 Å². The number of piperidine rings is 1. The lowest BCUT2D eigenvalue weighted by Gasteiger charge is -2.40. The largest absolute Gasteiger partial charge is 0.479 e. The Balaban J connectivity index is 1.71. The first kappa shape index (κ1) is 32.0. The molecule has 3 aromatic rings. The third-order valence-electron chi connectivity index (χ3n) is 7.42. The van der Waals surface area contributed by atoms with Crippen molar-refractivity contribution >= 4 is 34.9 Å². The number of pyridine rings is 2. The molecule has 0 spiro atoms. The maximum Gasteiger partial charge on any atom is 0.337 e. The van der Waals surface area contributed by atoms with E-state index in [1.165, 1.54) is 12.3 Å². The Bertz CT molecular complexity index is 1450. The van der Waals surface area contributed by atoms with Crippen LogP contribution in [0.15, 0.2) is 36.7 Å². The molecule has 1 aliphatic heterocycles. The number of nitrogens with zero attached hydrogens (tertiary/aromatic N) is 3. The molecule has 0 amide bonds. The van der Waals surface area contributed by atoms with E-state index in [1.54, 1.807) is 31.3 Å². The van der Waals surface area contributed by atoms with Crippen LogP contribution in [-0.2, 0) is 16.0 Å². The zero-order valence-corrected chi connectivity index (χ0v) is 26.4. The molecule has 0 aliphatic carbocycles. The molecule has 0 unspecified atom stereocenters. The number of benzene rings is 1. The monoisotopic (exact) mass is 617 g/mol. The Morgan fingerprint density at radius 2 is 1.83 bits per heavy atom. The van der Waals surface area contributed by atoms with E-state index in [2.05, 4.69) is 28.7 Å². The highest BCUT2D eigenvalue weighted by atomic mass is 35.5. The lowest BCUT2D eigenvalue weighted by molar-refractivity contribution is -0.160. The van der Waals surface area contributed by atoms with Gasteiger partial charge in [0.15, 0.2) is 11.9 Å². The predicted molar refractivity (Wildman–Crippen MR) is 164 cm³/mol. The fraction of sp³-hybridized carbons (Fsp3) is 0.469. The molecule has 2 aromatic heterocycles. The quantitative estimate of drug-likeness (QED) is 0.260. The molecule has 0 saturated carbocycles. The Morgan fingerprint density at radius 3 is 2.43 bits per heavy atom. The molecule has 1 atom stereocenters. The molecule has 10 heteroatoms. The molecule has 1 N–H and O–H groups in total. The second-order valence-electron chi connectivity index (χ2n) is 12.5. The average molecular weight is 619 g/mol. The summed E-state index contributed by atoms with van der Waals surface area (Å²) in [5.74, 6) is -1.88. The minimum absolute atomic E-state index is 0.134. The second kappa shape index (κ2) is 12.7. The summed E-state index contributed by atoms with van der Waals surface area (Å²) in [5, 5.41) is 11.3. The average Bonchev–Trinajstić information content (AvgIpc) is 2.89. The first-order chi connectivity index (χ1) is 19.6. The minimum Gasteiger partial charge on any atom is -0.479 e. The van der Waals surface area contributed by atoms with Crippen molar-refractivity contribution in [3.05, 3.63) is 69.3 Å². The van der Waals surface area contributed by atoms with Gasteiger partial charge in [-0.2, -0.15) is 0 Å². The van der Waals surface area contributed by atoms with E-state index in [9.17, 15) is 9.90 Å². The van der Waals surface area contributed by atoms with Gasteiger partial charge in [-0.15, -0.1) is 0 Å². The summed E-state index contributed by atoms with van der Waals surface area (Å²) in [6, 6.07) is 6.55. The molecule has 7 nitrogen and oxygen atoms in total. The third kappa shape index (κ3) is 7.71. The second-order valence-corrected chi connectivity index (χ2v) is 13.3. The Hall–Kier alpha value is -2.94. The van der Waals surface area contributed by atoms with E-state index in [1.807, 2.05) is 20.8 Å². The van der Waals surface area contributed by atoms with Crippen molar-refractivity contribution in [2.45, 2.75) is 72.5 Å². The number of hydrogen-bond donors (Lipinski definition) is 1. The summed E-state index contributed by atoms with van der Waals surface area (Å²) >= 11 is 12.2. The van der Waals surface area contributed by atoms with E-state index >= 15 is 4.39 Å². The van der Waals surface area contributed by atoms with E-state index in [4.69, 9.17) is 32.7 Å². The van der Waals surface area contributed by atoms with Crippen molar-refractivity contribution in [2.24, 2.45) is 5.41 Å². The van der Waals surface area contributed by atoms with Crippen LogP contribution in [0, 0.1) is 18.2 Å². The molecule has 3 heterocycles. The van der Waals surface area contributed by atoms with Crippen molar-refractivity contribution in [2.75, 3.05) is 24.6 Å². The summed E-state index contributed by atoms with van der Waals surface area (Å²) in [5.41, 5.74) is 3.02. The van der Waals surface area contributed by atoms with Gasteiger partial charge in [-0.25, -0.2) is 14.2 Å². The summed E-state index contributed by atoms with van der Waals surface area (Å²) in [6.45, 7) is 13.3. The predicted octanol–water partition coefficient (Wildman–Crippen LogP) is 8.09. The maximum atomic E-state index is 15.4. The van der Waals surface area contributed by atoms with Gasteiger partial charge in [-0.3, -0.25) is 4.98 Å². The smallest absolute Gasteiger partial charge is 0.337 e. The number of anilines is 1. The van der Waals surface area contributed by atoms with Gasteiger partial charge in [-0.1, -0.05) is 43.1 Å². The van der Waals surface area contributed by atoms with Crippen LogP contribution in [0.1, 0.15) is 70.4 Å². The number of hydrogen-bond acceptors (Lipinski definition) is 6. The van der Waals surface area contributed by atoms with Gasteiger partial charge in [0.1, 0.15) is 0 Å². The summed E-state index contributed by atoms with van der Waals surface area (Å²) in [4.78, 5) is 23.6. The Morgan fingerprint density at radius 1 is 1.14 bits per heavy atom. The minimum atomic E-state index is -1.26. The van der Waals surface area contributed by atoms with E-state index in [-0.39, 0.29) is 17.9 Å². The highest BCUT2D eigenvalue weighted by molar-refractivity contribution is 6.35. The van der Waals surface area contributed by atoms with Crippen LogP contribution in [0.4, 0.5) is 10.1 Å². The van der Waals surface area contributed by atoms with Crippen LogP contribution in [0.25, 0.3) is 11.1 Å². The first-order valence-electron chi connectivity index (χ1n) is 14.0. The highest BCUT2D eigenvalue weighted by Crippen LogP contribution is 2.43.